The Morgan fingerprint density at radius 1 is 1.55 bits per heavy atom. The number of aryl methyl sites for hydroxylation is 1. The van der Waals surface area contributed by atoms with Crippen molar-refractivity contribution in [3.05, 3.63) is 34.9 Å². The van der Waals surface area contributed by atoms with Crippen LogP contribution < -0.4 is 11.1 Å². The van der Waals surface area contributed by atoms with Gasteiger partial charge in [0.1, 0.15) is 0 Å². The highest BCUT2D eigenvalue weighted by molar-refractivity contribution is 6.33. The van der Waals surface area contributed by atoms with Crippen molar-refractivity contribution in [1.29, 1.82) is 0 Å². The maximum absolute atomic E-state index is 6.20. The molecule has 2 radical (unpaired) electrons. The van der Waals surface area contributed by atoms with Crippen molar-refractivity contribution >= 4 is 30.8 Å². The van der Waals surface area contributed by atoms with Crippen LogP contribution in [-0.4, -0.2) is 38.9 Å². The van der Waals surface area contributed by atoms with Crippen LogP contribution in [0.3, 0.4) is 0 Å². The Kier molecular flexibility index (Phi) is 4.66. The molecule has 1 fully saturated rings. The molecule has 20 heavy (non-hydrogen) atoms. The zero-order chi connectivity index (χ0) is 14.9. The summed E-state index contributed by atoms with van der Waals surface area (Å²) in [5, 5.41) is 4.00. The van der Waals surface area contributed by atoms with Crippen molar-refractivity contribution in [3.63, 3.8) is 0 Å². The van der Waals surface area contributed by atoms with Gasteiger partial charge in [0.2, 0.25) is 0 Å². The Balaban J connectivity index is 2.11. The predicted octanol–water partition coefficient (Wildman–Crippen LogP) is 2.45. The van der Waals surface area contributed by atoms with Gasteiger partial charge in [-0.2, -0.15) is 0 Å². The first-order valence-electron chi connectivity index (χ1n) is 6.84. The number of nitrogens with one attached hydrogen (secondary N) is 1. The Hall–Kier alpha value is -1.13. The van der Waals surface area contributed by atoms with Gasteiger partial charge in [-0.3, -0.25) is 0 Å². The summed E-state index contributed by atoms with van der Waals surface area (Å²) in [7, 11) is 8.29. The van der Waals surface area contributed by atoms with Gasteiger partial charge in [0, 0.05) is 17.3 Å². The molecule has 0 bridgehead atoms. The molecule has 2 unspecified atom stereocenters. The molecule has 0 spiro atoms. The number of piperidine rings is 1. The lowest BCUT2D eigenvalue weighted by molar-refractivity contribution is 0.246. The average Bonchev–Trinajstić information content (AvgIpc) is 2.37. The number of likely N-dealkylation sites (tertiary alicyclic amines) is 1. The molecule has 1 aromatic rings. The molecule has 1 aromatic carbocycles. The zero-order valence-corrected chi connectivity index (χ0v) is 12.9. The maximum Gasteiger partial charge on any atom is 0.0744 e. The van der Waals surface area contributed by atoms with E-state index in [1.54, 1.807) is 0 Å². The SMILES string of the molecule is [B]C1CN(C)CCC1NC(=C)c1cc(Cl)c(N)cc1C. The van der Waals surface area contributed by atoms with Gasteiger partial charge < -0.3 is 16.0 Å². The van der Waals surface area contributed by atoms with E-state index >= 15 is 0 Å². The first kappa shape index (κ1) is 15.3. The highest BCUT2D eigenvalue weighted by Crippen LogP contribution is 2.28. The van der Waals surface area contributed by atoms with E-state index in [9.17, 15) is 0 Å². The van der Waals surface area contributed by atoms with Crippen LogP contribution in [0.25, 0.3) is 5.70 Å². The number of benzene rings is 1. The van der Waals surface area contributed by atoms with Gasteiger partial charge in [0.15, 0.2) is 0 Å². The molecule has 1 aliphatic rings. The number of rotatable bonds is 3. The fraction of sp³-hybridized carbons (Fsp3) is 0.467. The summed E-state index contributed by atoms with van der Waals surface area (Å²) < 4.78 is 0. The average molecular weight is 290 g/mol. The molecular formula is C15H21BClN3. The number of nitrogen functional groups attached to an aromatic ring is 1. The van der Waals surface area contributed by atoms with E-state index < -0.39 is 0 Å². The van der Waals surface area contributed by atoms with Gasteiger partial charge in [0.05, 0.1) is 18.6 Å². The summed E-state index contributed by atoms with van der Waals surface area (Å²) in [4.78, 5) is 2.25. The van der Waals surface area contributed by atoms with Gasteiger partial charge in [-0.15, -0.1) is 0 Å². The number of hydrogen-bond acceptors (Lipinski definition) is 3. The lowest BCUT2D eigenvalue weighted by Gasteiger charge is -2.36. The second-order valence-electron chi connectivity index (χ2n) is 5.63. The van der Waals surface area contributed by atoms with Crippen molar-refractivity contribution in [1.82, 2.24) is 10.2 Å². The number of nitrogens with two attached hydrogens (primary N) is 1. The third-order valence-corrected chi connectivity index (χ3v) is 4.22. The van der Waals surface area contributed by atoms with Gasteiger partial charge in [-0.1, -0.05) is 18.2 Å². The van der Waals surface area contributed by atoms with Crippen LogP contribution >= 0.6 is 11.6 Å². The van der Waals surface area contributed by atoms with E-state index in [0.717, 1.165) is 36.3 Å². The van der Waals surface area contributed by atoms with Crippen molar-refractivity contribution in [2.75, 3.05) is 25.9 Å². The summed E-state index contributed by atoms with van der Waals surface area (Å²) in [5.74, 6) is 0.107. The minimum atomic E-state index is 0.107. The van der Waals surface area contributed by atoms with Gasteiger partial charge in [-0.25, -0.2) is 0 Å². The van der Waals surface area contributed by atoms with E-state index in [4.69, 9.17) is 25.2 Å². The summed E-state index contributed by atoms with van der Waals surface area (Å²) in [6, 6.07) is 3.98. The summed E-state index contributed by atoms with van der Waals surface area (Å²) in [6.45, 7) is 8.06. The Morgan fingerprint density at radius 2 is 2.25 bits per heavy atom. The minimum Gasteiger partial charge on any atom is -0.398 e. The van der Waals surface area contributed by atoms with Crippen LogP contribution in [0.5, 0.6) is 0 Å². The van der Waals surface area contributed by atoms with Crippen LogP contribution in [0.15, 0.2) is 18.7 Å². The summed E-state index contributed by atoms with van der Waals surface area (Å²) >= 11 is 6.10. The van der Waals surface area contributed by atoms with E-state index in [-0.39, 0.29) is 11.9 Å². The maximum atomic E-state index is 6.20. The smallest absolute Gasteiger partial charge is 0.0744 e. The molecule has 1 aliphatic heterocycles. The highest BCUT2D eigenvalue weighted by Gasteiger charge is 2.24. The van der Waals surface area contributed by atoms with Crippen molar-refractivity contribution in [2.45, 2.75) is 25.2 Å². The lowest BCUT2D eigenvalue weighted by Crippen LogP contribution is -2.44. The second kappa shape index (κ2) is 6.11. The van der Waals surface area contributed by atoms with E-state index in [2.05, 4.69) is 23.8 Å². The van der Waals surface area contributed by atoms with Gasteiger partial charge in [0.25, 0.3) is 0 Å². The van der Waals surface area contributed by atoms with Crippen LogP contribution in [0.4, 0.5) is 5.69 Å². The molecule has 0 saturated carbocycles. The number of nitrogens with zero attached hydrogens (tertiary/aromatic N) is 1. The van der Waals surface area contributed by atoms with E-state index in [1.165, 1.54) is 0 Å². The first-order chi connectivity index (χ1) is 9.38. The van der Waals surface area contributed by atoms with Gasteiger partial charge >= 0.3 is 0 Å². The number of anilines is 1. The second-order valence-corrected chi connectivity index (χ2v) is 6.04. The molecule has 3 nitrogen and oxygen atoms in total. The van der Waals surface area contributed by atoms with Crippen molar-refractivity contribution < 1.29 is 0 Å². The highest BCUT2D eigenvalue weighted by atomic mass is 35.5. The molecule has 0 aliphatic carbocycles. The number of hydrogen-bond donors (Lipinski definition) is 2. The standard InChI is InChI=1S/C15H21BClN3/c1-9-6-14(18)13(17)7-11(9)10(2)19-15-4-5-20(3)8-12(15)16/h6-7,12,15,19H,2,4-5,8,18H2,1,3H3. The summed E-state index contributed by atoms with van der Waals surface area (Å²) in [5.41, 5.74) is 9.31. The molecule has 1 heterocycles. The monoisotopic (exact) mass is 289 g/mol. The largest absolute Gasteiger partial charge is 0.398 e. The third-order valence-electron chi connectivity index (χ3n) is 3.89. The van der Waals surface area contributed by atoms with E-state index in [1.807, 2.05) is 19.1 Å². The third kappa shape index (κ3) is 3.30. The topological polar surface area (TPSA) is 41.3 Å². The molecule has 0 aromatic heterocycles. The summed E-state index contributed by atoms with van der Waals surface area (Å²) in [6.07, 6.45) is 1.01. The van der Waals surface area contributed by atoms with Crippen molar-refractivity contribution in [2.24, 2.45) is 0 Å². The zero-order valence-electron chi connectivity index (χ0n) is 12.1. The Bertz CT molecular complexity index is 518. The molecule has 5 heteroatoms. The molecule has 106 valence electrons. The van der Waals surface area contributed by atoms with Crippen molar-refractivity contribution in [3.8, 4) is 0 Å². The first-order valence-corrected chi connectivity index (χ1v) is 7.22. The normalized spacial score (nSPS) is 23.6. The van der Waals surface area contributed by atoms with Gasteiger partial charge in [-0.05, 0) is 57.0 Å². The molecule has 3 N–H and O–H groups in total. The molecular weight excluding hydrogens is 268 g/mol. The number of halogens is 1. The molecule has 2 atom stereocenters. The van der Waals surface area contributed by atoms with Crippen LogP contribution in [0, 0.1) is 6.92 Å². The van der Waals surface area contributed by atoms with E-state index in [0.29, 0.717) is 10.7 Å². The molecule has 2 rings (SSSR count). The Morgan fingerprint density at radius 3 is 2.90 bits per heavy atom. The fourth-order valence-corrected chi connectivity index (χ4v) is 2.83. The van der Waals surface area contributed by atoms with Crippen LogP contribution in [-0.2, 0) is 0 Å². The minimum absolute atomic E-state index is 0.107. The quantitative estimate of drug-likeness (QED) is 0.663. The Labute approximate surface area is 127 Å². The van der Waals surface area contributed by atoms with Crippen LogP contribution in [0.1, 0.15) is 17.5 Å². The van der Waals surface area contributed by atoms with Crippen LogP contribution in [0.2, 0.25) is 10.8 Å². The predicted molar refractivity (Wildman–Crippen MR) is 88.2 cm³/mol. The molecule has 1 saturated heterocycles. The molecule has 0 amide bonds. The fourth-order valence-electron chi connectivity index (χ4n) is 2.66. The lowest BCUT2D eigenvalue weighted by atomic mass is 9.76.